The smallest absolute Gasteiger partial charge is 0.203 e. The van der Waals surface area contributed by atoms with Gasteiger partial charge in [0.25, 0.3) is 0 Å². The summed E-state index contributed by atoms with van der Waals surface area (Å²) in [5.74, 6) is 0. The molecular formula is C12H18N6S2. The van der Waals surface area contributed by atoms with Gasteiger partial charge in [-0.25, -0.2) is 4.98 Å². The zero-order valence-corrected chi connectivity index (χ0v) is 13.1. The second-order valence-corrected chi connectivity index (χ2v) is 6.90. The maximum atomic E-state index is 5.61. The van der Waals surface area contributed by atoms with Gasteiger partial charge in [0.15, 0.2) is 5.01 Å². The van der Waals surface area contributed by atoms with Gasteiger partial charge in [-0.15, -0.1) is 21.5 Å². The van der Waals surface area contributed by atoms with Gasteiger partial charge >= 0.3 is 0 Å². The van der Waals surface area contributed by atoms with Crippen molar-refractivity contribution >= 4 is 27.8 Å². The Kier molecular flexibility index (Phi) is 4.25. The van der Waals surface area contributed by atoms with Crippen LogP contribution in [0.25, 0.3) is 9.88 Å². The van der Waals surface area contributed by atoms with Gasteiger partial charge in [0.1, 0.15) is 5.01 Å². The van der Waals surface area contributed by atoms with E-state index in [1.54, 1.807) is 11.3 Å². The minimum Gasteiger partial charge on any atom is -0.374 e. The predicted octanol–water partition coefficient (Wildman–Crippen LogP) is 1.38. The highest BCUT2D eigenvalue weighted by Gasteiger charge is 2.17. The average Bonchev–Trinajstić information content (AvgIpc) is 3.09. The lowest BCUT2D eigenvalue weighted by Crippen LogP contribution is -2.45. The van der Waals surface area contributed by atoms with Gasteiger partial charge in [-0.2, -0.15) is 0 Å². The lowest BCUT2D eigenvalue weighted by atomic mass is 10.3. The van der Waals surface area contributed by atoms with Crippen LogP contribution in [-0.4, -0.2) is 57.7 Å². The molecule has 108 valence electrons. The normalized spacial score (nSPS) is 17.6. The standard InChI is InChI=1S/C12H18N6S2/c1-2-17-3-5-18(6-4-17)8-10-14-7-9(19-10)11-15-16-12(13)20-11/h7H,2-6,8H2,1H3,(H2,13,16). The molecule has 0 aliphatic carbocycles. The first-order valence-electron chi connectivity index (χ1n) is 6.73. The molecule has 3 heterocycles. The summed E-state index contributed by atoms with van der Waals surface area (Å²) < 4.78 is 0. The monoisotopic (exact) mass is 310 g/mol. The van der Waals surface area contributed by atoms with E-state index in [2.05, 4.69) is 31.9 Å². The molecule has 0 radical (unpaired) electrons. The molecule has 20 heavy (non-hydrogen) atoms. The maximum absolute atomic E-state index is 5.61. The fourth-order valence-corrected chi connectivity index (χ4v) is 3.88. The van der Waals surface area contributed by atoms with Crippen LogP contribution in [0.1, 0.15) is 11.9 Å². The van der Waals surface area contributed by atoms with Gasteiger partial charge in [-0.1, -0.05) is 18.3 Å². The molecule has 1 aliphatic heterocycles. The van der Waals surface area contributed by atoms with E-state index >= 15 is 0 Å². The Morgan fingerprint density at radius 1 is 1.15 bits per heavy atom. The molecule has 0 atom stereocenters. The molecule has 0 saturated carbocycles. The number of piperazine rings is 1. The molecule has 0 aromatic carbocycles. The van der Waals surface area contributed by atoms with Crippen LogP contribution in [0.15, 0.2) is 6.20 Å². The first kappa shape index (κ1) is 13.9. The van der Waals surface area contributed by atoms with Gasteiger partial charge in [0, 0.05) is 32.4 Å². The highest BCUT2D eigenvalue weighted by atomic mass is 32.1. The topological polar surface area (TPSA) is 71.2 Å². The zero-order valence-electron chi connectivity index (χ0n) is 11.4. The fraction of sp³-hybridized carbons (Fsp3) is 0.583. The predicted molar refractivity (Wildman–Crippen MR) is 82.8 cm³/mol. The molecular weight excluding hydrogens is 292 g/mol. The summed E-state index contributed by atoms with van der Waals surface area (Å²) in [6.45, 7) is 8.84. The van der Waals surface area contributed by atoms with Crippen LogP contribution in [-0.2, 0) is 6.54 Å². The zero-order chi connectivity index (χ0) is 13.9. The minimum atomic E-state index is 0.505. The Balaban J connectivity index is 1.60. The van der Waals surface area contributed by atoms with E-state index in [4.69, 9.17) is 5.73 Å². The Morgan fingerprint density at radius 3 is 2.55 bits per heavy atom. The molecule has 1 fully saturated rings. The van der Waals surface area contributed by atoms with Crippen molar-refractivity contribution in [2.75, 3.05) is 38.5 Å². The Bertz CT molecular complexity index is 558. The summed E-state index contributed by atoms with van der Waals surface area (Å²) in [7, 11) is 0. The van der Waals surface area contributed by atoms with Gasteiger partial charge in [0.05, 0.1) is 11.4 Å². The number of anilines is 1. The van der Waals surface area contributed by atoms with E-state index < -0.39 is 0 Å². The average molecular weight is 310 g/mol. The molecule has 0 unspecified atom stereocenters. The summed E-state index contributed by atoms with van der Waals surface area (Å²) in [5.41, 5.74) is 5.61. The molecule has 0 amide bonds. The number of thiazole rings is 1. The van der Waals surface area contributed by atoms with E-state index in [9.17, 15) is 0 Å². The molecule has 3 rings (SSSR count). The van der Waals surface area contributed by atoms with Crippen LogP contribution >= 0.6 is 22.7 Å². The third-order valence-electron chi connectivity index (χ3n) is 3.48. The quantitative estimate of drug-likeness (QED) is 0.920. The van der Waals surface area contributed by atoms with Gasteiger partial charge in [-0.3, -0.25) is 4.90 Å². The van der Waals surface area contributed by atoms with Crippen LogP contribution in [0.5, 0.6) is 0 Å². The number of nitrogen functional groups attached to an aromatic ring is 1. The van der Waals surface area contributed by atoms with Crippen molar-refractivity contribution in [3.63, 3.8) is 0 Å². The molecule has 8 heteroatoms. The van der Waals surface area contributed by atoms with Crippen molar-refractivity contribution in [3.8, 4) is 9.88 Å². The number of hydrogen-bond acceptors (Lipinski definition) is 8. The number of aromatic nitrogens is 3. The molecule has 6 nitrogen and oxygen atoms in total. The largest absolute Gasteiger partial charge is 0.374 e. The van der Waals surface area contributed by atoms with Crippen molar-refractivity contribution in [2.24, 2.45) is 0 Å². The van der Waals surface area contributed by atoms with Crippen LogP contribution in [0.2, 0.25) is 0 Å². The third-order valence-corrected chi connectivity index (χ3v) is 5.38. The number of nitrogens with zero attached hydrogens (tertiary/aromatic N) is 5. The molecule has 2 aromatic heterocycles. The lowest BCUT2D eigenvalue weighted by molar-refractivity contribution is 0.132. The Morgan fingerprint density at radius 2 is 1.90 bits per heavy atom. The van der Waals surface area contributed by atoms with E-state index in [1.807, 2.05) is 6.20 Å². The highest BCUT2D eigenvalue weighted by molar-refractivity contribution is 7.23. The second kappa shape index (κ2) is 6.13. The molecule has 0 bridgehead atoms. The van der Waals surface area contributed by atoms with Crippen molar-refractivity contribution in [3.05, 3.63) is 11.2 Å². The number of rotatable bonds is 4. The number of hydrogen-bond donors (Lipinski definition) is 1. The molecule has 2 aromatic rings. The number of likely N-dealkylation sites (N-methyl/N-ethyl adjacent to an activating group) is 1. The fourth-order valence-electron chi connectivity index (χ4n) is 2.27. The van der Waals surface area contributed by atoms with Crippen LogP contribution in [0.4, 0.5) is 5.13 Å². The van der Waals surface area contributed by atoms with Crippen LogP contribution in [0, 0.1) is 0 Å². The van der Waals surface area contributed by atoms with E-state index in [-0.39, 0.29) is 0 Å². The van der Waals surface area contributed by atoms with E-state index in [1.165, 1.54) is 11.3 Å². The first-order valence-corrected chi connectivity index (χ1v) is 8.36. The van der Waals surface area contributed by atoms with Crippen molar-refractivity contribution in [1.82, 2.24) is 25.0 Å². The summed E-state index contributed by atoms with van der Waals surface area (Å²) in [4.78, 5) is 10.5. The SMILES string of the molecule is CCN1CCN(Cc2ncc(-c3nnc(N)s3)s2)CC1. The summed E-state index contributed by atoms with van der Waals surface area (Å²) in [6.07, 6.45) is 1.88. The summed E-state index contributed by atoms with van der Waals surface area (Å²) >= 11 is 3.09. The van der Waals surface area contributed by atoms with E-state index in [0.717, 1.165) is 54.2 Å². The molecule has 1 aliphatic rings. The van der Waals surface area contributed by atoms with Crippen molar-refractivity contribution in [1.29, 1.82) is 0 Å². The Labute approximate surface area is 126 Å². The van der Waals surface area contributed by atoms with Crippen molar-refractivity contribution in [2.45, 2.75) is 13.5 Å². The molecule has 0 spiro atoms. The van der Waals surface area contributed by atoms with E-state index in [0.29, 0.717) is 5.13 Å². The first-order chi connectivity index (χ1) is 9.74. The van der Waals surface area contributed by atoms with Crippen molar-refractivity contribution < 1.29 is 0 Å². The summed E-state index contributed by atoms with van der Waals surface area (Å²) in [6, 6.07) is 0. The lowest BCUT2D eigenvalue weighted by Gasteiger charge is -2.33. The van der Waals surface area contributed by atoms with Gasteiger partial charge in [-0.05, 0) is 6.54 Å². The molecule has 1 saturated heterocycles. The third kappa shape index (κ3) is 3.14. The van der Waals surface area contributed by atoms with Gasteiger partial charge < -0.3 is 10.6 Å². The molecule has 2 N–H and O–H groups in total. The van der Waals surface area contributed by atoms with Crippen LogP contribution in [0.3, 0.4) is 0 Å². The van der Waals surface area contributed by atoms with Crippen LogP contribution < -0.4 is 5.73 Å². The van der Waals surface area contributed by atoms with Gasteiger partial charge in [0.2, 0.25) is 5.13 Å². The summed E-state index contributed by atoms with van der Waals surface area (Å²) in [5, 5.41) is 10.4. The second-order valence-electron chi connectivity index (χ2n) is 4.77. The number of nitrogens with two attached hydrogens (primary N) is 1. The Hall–Kier alpha value is -1.09. The maximum Gasteiger partial charge on any atom is 0.203 e. The minimum absolute atomic E-state index is 0.505. The highest BCUT2D eigenvalue weighted by Crippen LogP contribution is 2.30.